The third kappa shape index (κ3) is 8.83. The van der Waals surface area contributed by atoms with Crippen LogP contribution >= 0.6 is 11.6 Å². The minimum atomic E-state index is -0.966. The molecule has 3 aromatic rings. The fraction of sp³-hybridized carbons (Fsp3) is 0.286. The zero-order chi connectivity index (χ0) is 25.0. The number of ether oxygens (including phenoxy) is 1. The van der Waals surface area contributed by atoms with Crippen molar-refractivity contribution in [3.8, 4) is 0 Å². The van der Waals surface area contributed by atoms with Gasteiger partial charge in [-0.15, -0.1) is 0 Å². The van der Waals surface area contributed by atoms with Crippen molar-refractivity contribution in [3.05, 3.63) is 106 Å². The largest absolute Gasteiger partial charge is 0.481 e. The van der Waals surface area contributed by atoms with E-state index < -0.39 is 11.9 Å². The van der Waals surface area contributed by atoms with E-state index >= 15 is 0 Å². The predicted molar refractivity (Wildman–Crippen MR) is 135 cm³/mol. The summed E-state index contributed by atoms with van der Waals surface area (Å²) in [6, 6.07) is 24.4. The smallest absolute Gasteiger partial charge is 0.335 e. The lowest BCUT2D eigenvalue weighted by atomic mass is 10.1. The number of hydrogen-bond acceptors (Lipinski definition) is 4. The molecule has 35 heavy (non-hydrogen) atoms. The number of halogens is 1. The number of carbonyl (C=O) groups is 2. The van der Waals surface area contributed by atoms with Gasteiger partial charge in [0.2, 0.25) is 0 Å². The van der Waals surface area contributed by atoms with Crippen LogP contribution in [0.15, 0.2) is 78.9 Å². The molecule has 2 N–H and O–H groups in total. The Morgan fingerprint density at radius 1 is 0.857 bits per heavy atom. The molecule has 184 valence electrons. The van der Waals surface area contributed by atoms with Crippen molar-refractivity contribution in [2.24, 2.45) is 0 Å². The lowest BCUT2D eigenvalue weighted by Crippen LogP contribution is -2.39. The summed E-state index contributed by atoms with van der Waals surface area (Å²) in [4.78, 5) is 24.4. The second-order valence-corrected chi connectivity index (χ2v) is 8.78. The average Bonchev–Trinajstić information content (AvgIpc) is 2.85. The van der Waals surface area contributed by atoms with E-state index in [2.05, 4.69) is 17.0 Å². The summed E-state index contributed by atoms with van der Waals surface area (Å²) >= 11 is 6.35. The van der Waals surface area contributed by atoms with Crippen LogP contribution in [0, 0.1) is 0 Å². The summed E-state index contributed by atoms with van der Waals surface area (Å²) in [5.41, 5.74) is 3.20. The minimum absolute atomic E-state index is 0.116. The van der Waals surface area contributed by atoms with Crippen molar-refractivity contribution >= 4 is 23.5 Å². The number of benzene rings is 3. The Bertz CT molecular complexity index is 1090. The number of carboxylic acid groups (broad SMARTS) is 2. The first-order chi connectivity index (χ1) is 16.9. The van der Waals surface area contributed by atoms with Crippen LogP contribution in [0.1, 0.15) is 46.3 Å². The van der Waals surface area contributed by atoms with E-state index in [4.69, 9.17) is 21.4 Å². The normalized spacial score (nSPS) is 11.9. The van der Waals surface area contributed by atoms with Crippen molar-refractivity contribution in [3.63, 3.8) is 0 Å². The Hall–Kier alpha value is -3.19. The molecule has 0 saturated heterocycles. The molecule has 7 heteroatoms. The number of hydrogen-bond donors (Lipinski definition) is 2. The summed E-state index contributed by atoms with van der Waals surface area (Å²) in [5, 5.41) is 18.9. The molecule has 0 fully saturated rings. The maximum atomic E-state index is 11.2. The zero-order valence-electron chi connectivity index (χ0n) is 19.5. The molecule has 3 aromatic carbocycles. The lowest BCUT2D eigenvalue weighted by Gasteiger charge is -2.32. The fourth-order valence-corrected chi connectivity index (χ4v) is 4.00. The topological polar surface area (TPSA) is 87.1 Å². The maximum Gasteiger partial charge on any atom is 0.335 e. The van der Waals surface area contributed by atoms with Crippen LogP contribution in [0.3, 0.4) is 0 Å². The second kappa shape index (κ2) is 13.6. The van der Waals surface area contributed by atoms with Crippen molar-refractivity contribution in [2.45, 2.75) is 45.1 Å². The van der Waals surface area contributed by atoms with E-state index in [1.54, 1.807) is 24.3 Å². The van der Waals surface area contributed by atoms with Crippen LogP contribution in [-0.2, 0) is 29.1 Å². The Morgan fingerprint density at radius 3 is 2.20 bits per heavy atom. The zero-order valence-corrected chi connectivity index (χ0v) is 20.2. The second-order valence-electron chi connectivity index (χ2n) is 8.37. The molecule has 6 nitrogen and oxygen atoms in total. The predicted octanol–water partition coefficient (Wildman–Crippen LogP) is 5.88. The molecule has 0 bridgehead atoms. The summed E-state index contributed by atoms with van der Waals surface area (Å²) in [6.07, 6.45) is 1.72. The molecule has 0 aliphatic carbocycles. The Labute approximate surface area is 210 Å². The van der Waals surface area contributed by atoms with Crippen molar-refractivity contribution in [2.75, 3.05) is 6.54 Å². The van der Waals surface area contributed by atoms with E-state index in [9.17, 15) is 14.7 Å². The summed E-state index contributed by atoms with van der Waals surface area (Å²) in [6.45, 7) is 1.50. The summed E-state index contributed by atoms with van der Waals surface area (Å²) in [7, 11) is 0. The van der Waals surface area contributed by atoms with Gasteiger partial charge in [0.05, 0.1) is 12.2 Å². The van der Waals surface area contributed by atoms with Gasteiger partial charge in [-0.3, -0.25) is 9.69 Å². The highest BCUT2D eigenvalue weighted by atomic mass is 35.5. The number of nitrogens with zero attached hydrogens (tertiary/aromatic N) is 1. The maximum absolute atomic E-state index is 11.2. The first-order valence-electron chi connectivity index (χ1n) is 11.6. The number of aliphatic carboxylic acids is 1. The monoisotopic (exact) mass is 495 g/mol. The highest BCUT2D eigenvalue weighted by molar-refractivity contribution is 6.31. The van der Waals surface area contributed by atoms with Crippen LogP contribution in [0.4, 0.5) is 0 Å². The van der Waals surface area contributed by atoms with E-state index in [-0.39, 0.29) is 18.2 Å². The quantitative estimate of drug-likeness (QED) is 0.214. The van der Waals surface area contributed by atoms with Crippen LogP contribution < -0.4 is 0 Å². The molecule has 0 aliphatic rings. The molecule has 0 aliphatic heterocycles. The van der Waals surface area contributed by atoms with E-state index in [0.717, 1.165) is 16.7 Å². The van der Waals surface area contributed by atoms with Crippen LogP contribution in [0.25, 0.3) is 0 Å². The molecular formula is C28H30ClNO5. The van der Waals surface area contributed by atoms with Gasteiger partial charge in [-0.25, -0.2) is 4.79 Å². The van der Waals surface area contributed by atoms with Gasteiger partial charge in [0, 0.05) is 31.0 Å². The highest BCUT2D eigenvalue weighted by Crippen LogP contribution is 2.21. The molecule has 0 amide bonds. The third-order valence-corrected chi connectivity index (χ3v) is 6.09. The minimum Gasteiger partial charge on any atom is -0.481 e. The average molecular weight is 496 g/mol. The van der Waals surface area contributed by atoms with Gasteiger partial charge in [-0.05, 0) is 47.7 Å². The lowest BCUT2D eigenvalue weighted by molar-refractivity contribution is -0.137. The van der Waals surface area contributed by atoms with Crippen molar-refractivity contribution in [1.82, 2.24) is 4.90 Å². The molecular weight excluding hydrogens is 466 g/mol. The molecule has 0 aromatic heterocycles. The van der Waals surface area contributed by atoms with Gasteiger partial charge in [-0.2, -0.15) is 0 Å². The van der Waals surface area contributed by atoms with Gasteiger partial charge in [0.1, 0.15) is 6.23 Å². The van der Waals surface area contributed by atoms with Crippen molar-refractivity contribution in [1.29, 1.82) is 0 Å². The molecule has 1 atom stereocenters. The number of rotatable bonds is 14. The number of aromatic carboxylic acids is 1. The first-order valence-corrected chi connectivity index (χ1v) is 12.0. The van der Waals surface area contributed by atoms with E-state index in [1.807, 2.05) is 42.5 Å². The van der Waals surface area contributed by atoms with Crippen LogP contribution in [0.2, 0.25) is 5.02 Å². The Balaban J connectivity index is 1.82. The highest BCUT2D eigenvalue weighted by Gasteiger charge is 2.21. The number of unbranched alkanes of at least 4 members (excludes halogenated alkanes) is 1. The molecule has 3 rings (SSSR count). The molecule has 1 unspecified atom stereocenters. The van der Waals surface area contributed by atoms with Gasteiger partial charge in [-0.1, -0.05) is 72.3 Å². The van der Waals surface area contributed by atoms with E-state index in [1.165, 1.54) is 0 Å². The first kappa shape index (κ1) is 26.4. The number of carboxylic acids is 2. The fourth-order valence-electron chi connectivity index (χ4n) is 3.81. The SMILES string of the molecule is O=C(O)CCCCN(Cc1ccc(C(=O)O)cc1)C(Cc1ccccc1)OCc1ccccc1Cl. The molecule has 0 saturated carbocycles. The van der Waals surface area contributed by atoms with Gasteiger partial charge >= 0.3 is 11.9 Å². The van der Waals surface area contributed by atoms with E-state index in [0.29, 0.717) is 44.0 Å². The summed E-state index contributed by atoms with van der Waals surface area (Å²) in [5.74, 6) is -1.77. The molecule has 0 radical (unpaired) electrons. The van der Waals surface area contributed by atoms with Gasteiger partial charge < -0.3 is 14.9 Å². The molecule has 0 spiro atoms. The van der Waals surface area contributed by atoms with Gasteiger partial charge in [0.25, 0.3) is 0 Å². The van der Waals surface area contributed by atoms with Crippen molar-refractivity contribution < 1.29 is 24.5 Å². The van der Waals surface area contributed by atoms with Crippen LogP contribution in [-0.4, -0.2) is 39.8 Å². The molecule has 0 heterocycles. The Kier molecular flexibility index (Phi) is 10.3. The standard InChI is InChI=1S/C28H30ClNO5/c29-25-11-5-4-10-24(25)20-35-26(18-21-8-2-1-3-9-21)30(17-7-6-12-27(31)32)19-22-13-15-23(16-14-22)28(33)34/h1-5,8-11,13-16,26H,6-7,12,17-20H2,(H,31,32)(H,33,34). The van der Waals surface area contributed by atoms with Crippen LogP contribution in [0.5, 0.6) is 0 Å². The van der Waals surface area contributed by atoms with Gasteiger partial charge in [0.15, 0.2) is 0 Å². The third-order valence-electron chi connectivity index (χ3n) is 5.72. The summed E-state index contributed by atoms with van der Waals surface area (Å²) < 4.78 is 6.42. The Morgan fingerprint density at radius 2 is 1.54 bits per heavy atom.